The van der Waals surface area contributed by atoms with Crippen LogP contribution in [0.25, 0.3) is 0 Å². The van der Waals surface area contributed by atoms with Crippen molar-refractivity contribution in [3.8, 4) is 0 Å². The average Bonchev–Trinajstić information content (AvgIpc) is 3.06. The highest BCUT2D eigenvalue weighted by atomic mass is 16.7. The molecule has 0 radical (unpaired) electrons. The highest BCUT2D eigenvalue weighted by molar-refractivity contribution is 5.47. The average molecular weight is 593 g/mol. The number of rotatable bonds is 14. The molecule has 4 aromatic rings. The first-order valence-corrected chi connectivity index (χ1v) is 16.2. The minimum absolute atomic E-state index is 0.0144. The molecule has 4 heteroatoms. The van der Waals surface area contributed by atoms with Crippen LogP contribution in [0.2, 0.25) is 0 Å². The fourth-order valence-electron chi connectivity index (χ4n) is 6.64. The molecule has 4 nitrogen and oxygen atoms in total. The largest absolute Gasteiger partial charge is 0.377 e. The Balaban J connectivity index is 1.27. The van der Waals surface area contributed by atoms with Crippen LogP contribution in [-0.2, 0) is 31.2 Å². The molecule has 4 aromatic carbocycles. The van der Waals surface area contributed by atoms with E-state index >= 15 is 0 Å². The Morgan fingerprint density at radius 2 is 1.20 bits per heavy atom. The summed E-state index contributed by atoms with van der Waals surface area (Å²) < 4.78 is 26.2. The van der Waals surface area contributed by atoms with Crippen molar-refractivity contribution >= 4 is 0 Å². The highest BCUT2D eigenvalue weighted by Crippen LogP contribution is 2.42. The molecule has 5 rings (SSSR count). The van der Waals surface area contributed by atoms with Crippen LogP contribution >= 0.6 is 0 Å². The van der Waals surface area contributed by atoms with Crippen molar-refractivity contribution in [1.29, 1.82) is 0 Å². The van der Waals surface area contributed by atoms with Gasteiger partial charge in [-0.3, -0.25) is 0 Å². The summed E-state index contributed by atoms with van der Waals surface area (Å²) in [6.07, 6.45) is 2.93. The van der Waals surface area contributed by atoms with Gasteiger partial charge in [-0.25, -0.2) is 0 Å². The van der Waals surface area contributed by atoms with Gasteiger partial charge in [-0.1, -0.05) is 135 Å². The lowest BCUT2D eigenvalue weighted by atomic mass is 9.80. The third kappa shape index (κ3) is 7.86. The fourth-order valence-corrected chi connectivity index (χ4v) is 6.64. The van der Waals surface area contributed by atoms with Gasteiger partial charge in [0.2, 0.25) is 0 Å². The van der Waals surface area contributed by atoms with Crippen LogP contribution in [-0.4, -0.2) is 31.2 Å². The maximum Gasteiger partial charge on any atom is 0.163 e. The van der Waals surface area contributed by atoms with Crippen molar-refractivity contribution in [1.82, 2.24) is 0 Å². The van der Waals surface area contributed by atoms with Crippen molar-refractivity contribution in [2.75, 3.05) is 13.2 Å². The van der Waals surface area contributed by atoms with Crippen LogP contribution < -0.4 is 0 Å². The Morgan fingerprint density at radius 3 is 1.73 bits per heavy atom. The summed E-state index contributed by atoms with van der Waals surface area (Å²) in [5.41, 5.74) is 3.81. The summed E-state index contributed by atoms with van der Waals surface area (Å²) in [5.74, 6) is -0.0460. The van der Waals surface area contributed by atoms with E-state index in [2.05, 4.69) is 129 Å². The molecule has 232 valence electrons. The smallest absolute Gasteiger partial charge is 0.163 e. The Kier molecular flexibility index (Phi) is 11.1. The quantitative estimate of drug-likeness (QED) is 0.108. The molecule has 0 spiro atoms. The molecule has 0 saturated carbocycles. The molecule has 0 bridgehead atoms. The third-order valence-electron chi connectivity index (χ3n) is 8.84. The maximum absolute atomic E-state index is 7.09. The first-order valence-electron chi connectivity index (χ1n) is 16.2. The Labute approximate surface area is 264 Å². The number of hydrogen-bond donors (Lipinski definition) is 0. The number of benzene rings is 4. The van der Waals surface area contributed by atoms with Crippen molar-refractivity contribution in [2.45, 2.75) is 77.2 Å². The van der Waals surface area contributed by atoms with Gasteiger partial charge in [0.05, 0.1) is 25.4 Å². The zero-order chi connectivity index (χ0) is 30.8. The lowest BCUT2D eigenvalue weighted by Gasteiger charge is -2.47. The molecule has 1 heterocycles. The van der Waals surface area contributed by atoms with Gasteiger partial charge in [-0.2, -0.15) is 0 Å². The lowest BCUT2D eigenvalue weighted by molar-refractivity contribution is -0.329. The zero-order valence-corrected chi connectivity index (χ0v) is 26.7. The molecule has 44 heavy (non-hydrogen) atoms. The SMILES string of the molecule is C[C@H]1[C@H]([C@H](C)CCCOCc2ccccc2)OC(C)(C)O[C@H]1CCOC(c1ccccc1)(c1ccccc1)c1ccccc1. The first-order chi connectivity index (χ1) is 21.4. The molecule has 0 unspecified atom stereocenters. The Morgan fingerprint density at radius 1 is 0.705 bits per heavy atom. The maximum atomic E-state index is 7.09. The van der Waals surface area contributed by atoms with E-state index in [4.69, 9.17) is 18.9 Å². The van der Waals surface area contributed by atoms with Crippen molar-refractivity contribution in [2.24, 2.45) is 11.8 Å². The summed E-state index contributed by atoms with van der Waals surface area (Å²) in [7, 11) is 0. The molecule has 0 aliphatic carbocycles. The second-order valence-corrected chi connectivity index (χ2v) is 12.6. The van der Waals surface area contributed by atoms with Gasteiger partial charge < -0.3 is 18.9 Å². The molecule has 1 saturated heterocycles. The first kappa shape index (κ1) is 32.1. The van der Waals surface area contributed by atoms with Crippen LogP contribution in [0, 0.1) is 11.8 Å². The van der Waals surface area contributed by atoms with E-state index in [1.165, 1.54) is 5.56 Å². The highest BCUT2D eigenvalue weighted by Gasteiger charge is 2.43. The lowest BCUT2D eigenvalue weighted by Crippen LogP contribution is -2.52. The molecule has 0 N–H and O–H groups in total. The molecule has 4 atom stereocenters. The number of hydrogen-bond acceptors (Lipinski definition) is 4. The summed E-state index contributed by atoms with van der Waals surface area (Å²) in [4.78, 5) is 0. The molecular weight excluding hydrogens is 544 g/mol. The summed E-state index contributed by atoms with van der Waals surface area (Å²) >= 11 is 0. The minimum Gasteiger partial charge on any atom is -0.377 e. The second kappa shape index (κ2) is 15.1. The van der Waals surface area contributed by atoms with Crippen LogP contribution in [0.5, 0.6) is 0 Å². The normalized spacial score (nSPS) is 20.7. The van der Waals surface area contributed by atoms with Gasteiger partial charge in [0, 0.05) is 12.5 Å². The molecule has 0 aromatic heterocycles. The standard InChI is InChI=1S/C40H48O4/c1-31(18-17-28-41-30-33-19-9-5-10-20-33)38-32(2)37(43-39(3,4)44-38)27-29-42-40(34-21-11-6-12-22-34,35-23-13-7-14-24-35)36-25-15-8-16-26-36/h5-16,19-26,31-32,37-38H,17-18,27-30H2,1-4H3/t31-,32-,37+,38+/m1/s1. The van der Waals surface area contributed by atoms with E-state index in [1.54, 1.807) is 0 Å². The second-order valence-electron chi connectivity index (χ2n) is 12.6. The Bertz CT molecular complexity index is 1280. The zero-order valence-electron chi connectivity index (χ0n) is 26.7. The summed E-state index contributed by atoms with van der Waals surface area (Å²) in [6, 6.07) is 42.0. The van der Waals surface area contributed by atoms with E-state index in [0.29, 0.717) is 19.1 Å². The van der Waals surface area contributed by atoms with Gasteiger partial charge in [-0.05, 0) is 61.3 Å². The number of ether oxygens (including phenoxy) is 4. The van der Waals surface area contributed by atoms with E-state index in [1.807, 2.05) is 19.9 Å². The van der Waals surface area contributed by atoms with E-state index < -0.39 is 11.4 Å². The molecule has 0 amide bonds. The van der Waals surface area contributed by atoms with Crippen molar-refractivity contribution in [3.05, 3.63) is 144 Å². The fraction of sp³-hybridized carbons (Fsp3) is 0.400. The van der Waals surface area contributed by atoms with Gasteiger partial charge in [-0.15, -0.1) is 0 Å². The molecular formula is C40H48O4. The monoisotopic (exact) mass is 592 g/mol. The van der Waals surface area contributed by atoms with Gasteiger partial charge >= 0.3 is 0 Å². The van der Waals surface area contributed by atoms with Crippen LogP contribution in [0.1, 0.15) is 69.2 Å². The van der Waals surface area contributed by atoms with Crippen LogP contribution in [0.3, 0.4) is 0 Å². The van der Waals surface area contributed by atoms with E-state index in [0.717, 1.165) is 42.6 Å². The molecule has 1 aliphatic heterocycles. The summed E-state index contributed by atoms with van der Waals surface area (Å²) in [6.45, 7) is 10.6. The van der Waals surface area contributed by atoms with Crippen LogP contribution in [0.4, 0.5) is 0 Å². The molecule has 1 aliphatic rings. The van der Waals surface area contributed by atoms with Gasteiger partial charge in [0.25, 0.3) is 0 Å². The molecule has 1 fully saturated rings. The van der Waals surface area contributed by atoms with Gasteiger partial charge in [0.15, 0.2) is 5.79 Å². The van der Waals surface area contributed by atoms with Crippen molar-refractivity contribution in [3.63, 3.8) is 0 Å². The Hall–Kier alpha value is -3.28. The summed E-state index contributed by atoms with van der Waals surface area (Å²) in [5, 5.41) is 0. The van der Waals surface area contributed by atoms with E-state index in [9.17, 15) is 0 Å². The van der Waals surface area contributed by atoms with Crippen LogP contribution in [0.15, 0.2) is 121 Å². The van der Waals surface area contributed by atoms with Gasteiger partial charge in [0.1, 0.15) is 5.60 Å². The predicted octanol–water partition coefficient (Wildman–Crippen LogP) is 9.17. The minimum atomic E-state index is -0.736. The predicted molar refractivity (Wildman–Crippen MR) is 177 cm³/mol. The third-order valence-corrected chi connectivity index (χ3v) is 8.84. The topological polar surface area (TPSA) is 36.9 Å². The van der Waals surface area contributed by atoms with Crippen molar-refractivity contribution < 1.29 is 18.9 Å². The van der Waals surface area contributed by atoms with E-state index in [-0.39, 0.29) is 18.1 Å².